The number of nitrogen functional groups attached to an aromatic ring is 1. The average molecular weight is 424 g/mol. The maximum atomic E-state index is 12.5. The summed E-state index contributed by atoms with van der Waals surface area (Å²) in [4.78, 5) is 22.3. The molecule has 0 spiro atoms. The van der Waals surface area contributed by atoms with Crippen molar-refractivity contribution >= 4 is 43.2 Å². The molecule has 1 aliphatic rings. The molecule has 2 aromatic rings. The fraction of sp³-hybridized carbons (Fsp3) is 0.312. The van der Waals surface area contributed by atoms with Gasteiger partial charge in [0.25, 0.3) is 0 Å². The molecule has 1 unspecified atom stereocenters. The van der Waals surface area contributed by atoms with Crippen LogP contribution >= 0.6 is 15.9 Å². The number of hydrogen-bond donors (Lipinski definition) is 2. The van der Waals surface area contributed by atoms with E-state index in [1.54, 1.807) is 0 Å². The number of carbonyl (C=O) groups excluding carboxylic acids is 1. The zero-order valence-corrected chi connectivity index (χ0v) is 16.1. The third kappa shape index (κ3) is 3.52. The number of carbonyl (C=O) groups is 1. The highest BCUT2D eigenvalue weighted by Gasteiger charge is 2.33. The molecule has 3 N–H and O–H groups in total. The van der Waals surface area contributed by atoms with Gasteiger partial charge in [-0.15, -0.1) is 0 Å². The van der Waals surface area contributed by atoms with Crippen molar-refractivity contribution in [2.75, 3.05) is 16.4 Å². The zero-order valence-electron chi connectivity index (χ0n) is 13.7. The largest absolute Gasteiger partial charge is 0.383 e. The molecule has 132 valence electrons. The van der Waals surface area contributed by atoms with Gasteiger partial charge in [-0.05, 0) is 24.1 Å². The van der Waals surface area contributed by atoms with Crippen LogP contribution in [0.2, 0.25) is 0 Å². The zero-order chi connectivity index (χ0) is 18.2. The number of amides is 1. The Morgan fingerprint density at radius 3 is 2.64 bits per heavy atom. The van der Waals surface area contributed by atoms with Crippen LogP contribution in [0.25, 0.3) is 0 Å². The predicted molar refractivity (Wildman–Crippen MR) is 99.8 cm³/mol. The molecule has 0 bridgehead atoms. The fourth-order valence-corrected chi connectivity index (χ4v) is 4.19. The van der Waals surface area contributed by atoms with E-state index in [1.807, 2.05) is 31.2 Å². The van der Waals surface area contributed by atoms with E-state index in [1.165, 1.54) is 4.90 Å². The van der Waals surface area contributed by atoms with E-state index in [9.17, 15) is 9.00 Å². The van der Waals surface area contributed by atoms with Gasteiger partial charge < -0.3 is 5.73 Å². The van der Waals surface area contributed by atoms with Gasteiger partial charge in [0.1, 0.15) is 21.4 Å². The minimum Gasteiger partial charge on any atom is -0.383 e. The summed E-state index contributed by atoms with van der Waals surface area (Å²) in [5, 5.41) is -0.0962. The van der Waals surface area contributed by atoms with Crippen LogP contribution in [-0.2, 0) is 27.5 Å². The number of anilines is 2. The van der Waals surface area contributed by atoms with Crippen molar-refractivity contribution in [1.29, 1.82) is 4.78 Å². The predicted octanol–water partition coefficient (Wildman–Crippen LogP) is 2.73. The molecule has 0 aliphatic carbocycles. The molecule has 0 radical (unpaired) electrons. The van der Waals surface area contributed by atoms with E-state index < -0.39 is 9.73 Å². The summed E-state index contributed by atoms with van der Waals surface area (Å²) < 4.78 is 21.5. The minimum atomic E-state index is -3.12. The minimum absolute atomic E-state index is 0.0962. The standard InChI is InChI=1S/C16H18BrN5O2S/c1-2-7-25(19,24)16-20-14(18)12-8-13(23)22(15(12)21-16)9-10-3-5-11(17)6-4-10/h3-6,19H,2,7-9H2,1H3,(H2,18,20,21). The van der Waals surface area contributed by atoms with Gasteiger partial charge in [-0.25, -0.2) is 19.0 Å². The number of benzene rings is 1. The molecule has 0 saturated carbocycles. The number of hydrogen-bond acceptors (Lipinski definition) is 6. The van der Waals surface area contributed by atoms with E-state index in [4.69, 9.17) is 10.5 Å². The van der Waals surface area contributed by atoms with Crippen LogP contribution in [0.5, 0.6) is 0 Å². The summed E-state index contributed by atoms with van der Waals surface area (Å²) in [6.45, 7) is 2.18. The highest BCUT2D eigenvalue weighted by Crippen LogP contribution is 2.32. The van der Waals surface area contributed by atoms with Gasteiger partial charge in [0, 0.05) is 15.8 Å². The lowest BCUT2D eigenvalue weighted by molar-refractivity contribution is -0.117. The quantitative estimate of drug-likeness (QED) is 0.717. The first-order valence-corrected chi connectivity index (χ1v) is 10.3. The van der Waals surface area contributed by atoms with Gasteiger partial charge in [0.15, 0.2) is 0 Å². The van der Waals surface area contributed by atoms with Crippen LogP contribution in [0.4, 0.5) is 11.6 Å². The fourth-order valence-electron chi connectivity index (χ4n) is 2.69. The van der Waals surface area contributed by atoms with E-state index in [2.05, 4.69) is 25.9 Å². The van der Waals surface area contributed by atoms with Crippen molar-refractivity contribution in [3.05, 3.63) is 39.9 Å². The van der Waals surface area contributed by atoms with Crippen molar-refractivity contribution in [3.8, 4) is 0 Å². The normalized spacial score (nSPS) is 15.9. The molecule has 0 fully saturated rings. The molecule has 1 atom stereocenters. The Labute approximate surface area is 154 Å². The number of halogens is 1. The van der Waals surface area contributed by atoms with Gasteiger partial charge >= 0.3 is 0 Å². The smallest absolute Gasteiger partial charge is 0.233 e. The van der Waals surface area contributed by atoms with Gasteiger partial charge in [-0.1, -0.05) is 35.0 Å². The van der Waals surface area contributed by atoms with Crippen molar-refractivity contribution < 1.29 is 9.00 Å². The molecule has 9 heteroatoms. The Bertz CT molecular complexity index is 928. The number of aromatic nitrogens is 2. The maximum Gasteiger partial charge on any atom is 0.233 e. The van der Waals surface area contributed by atoms with Gasteiger partial charge in [0.05, 0.1) is 13.0 Å². The van der Waals surface area contributed by atoms with Crippen molar-refractivity contribution in [1.82, 2.24) is 9.97 Å². The summed E-state index contributed by atoms with van der Waals surface area (Å²) in [6, 6.07) is 7.61. The van der Waals surface area contributed by atoms with Gasteiger partial charge in [-0.2, -0.15) is 0 Å². The van der Waals surface area contributed by atoms with Crippen LogP contribution in [0.1, 0.15) is 24.5 Å². The molecule has 3 rings (SSSR count). The molecule has 1 aromatic heterocycles. The van der Waals surface area contributed by atoms with Crippen LogP contribution < -0.4 is 10.6 Å². The molecular formula is C16H18BrN5O2S. The molecule has 25 heavy (non-hydrogen) atoms. The number of rotatable bonds is 5. The Morgan fingerprint density at radius 2 is 2.00 bits per heavy atom. The lowest BCUT2D eigenvalue weighted by atomic mass is 10.2. The summed E-state index contributed by atoms with van der Waals surface area (Å²) in [7, 11) is -3.12. The average Bonchev–Trinajstić information content (AvgIpc) is 2.86. The monoisotopic (exact) mass is 423 g/mol. The van der Waals surface area contributed by atoms with Gasteiger partial charge in [0.2, 0.25) is 11.1 Å². The third-order valence-electron chi connectivity index (χ3n) is 3.92. The van der Waals surface area contributed by atoms with Crippen molar-refractivity contribution in [2.45, 2.75) is 31.5 Å². The highest BCUT2D eigenvalue weighted by atomic mass is 79.9. The summed E-state index contributed by atoms with van der Waals surface area (Å²) in [6.07, 6.45) is 0.690. The molecular weight excluding hydrogens is 406 g/mol. The first-order valence-electron chi connectivity index (χ1n) is 7.79. The van der Waals surface area contributed by atoms with E-state index in [0.29, 0.717) is 24.3 Å². The number of nitrogens with zero attached hydrogens (tertiary/aromatic N) is 3. The lowest BCUT2D eigenvalue weighted by Gasteiger charge is -2.17. The molecule has 1 aromatic carbocycles. The summed E-state index contributed by atoms with van der Waals surface area (Å²) in [5.41, 5.74) is 7.43. The van der Waals surface area contributed by atoms with E-state index >= 15 is 0 Å². The van der Waals surface area contributed by atoms with Crippen molar-refractivity contribution in [3.63, 3.8) is 0 Å². The van der Waals surface area contributed by atoms with E-state index in [-0.39, 0.29) is 29.1 Å². The SMILES string of the molecule is CCCS(=N)(=O)c1nc(N)c2c(n1)N(Cc1ccc(Br)cc1)C(=O)C2. The van der Waals surface area contributed by atoms with Crippen molar-refractivity contribution in [2.24, 2.45) is 0 Å². The van der Waals surface area contributed by atoms with Gasteiger partial charge in [-0.3, -0.25) is 9.69 Å². The molecule has 0 saturated heterocycles. The Balaban J connectivity index is 2.01. The molecule has 7 nitrogen and oxygen atoms in total. The second-order valence-electron chi connectivity index (χ2n) is 5.86. The Hall–Kier alpha value is -2.00. The van der Waals surface area contributed by atoms with Crippen LogP contribution in [0, 0.1) is 4.78 Å². The highest BCUT2D eigenvalue weighted by molar-refractivity contribution is 9.10. The van der Waals surface area contributed by atoms with Crippen LogP contribution in [0.15, 0.2) is 33.9 Å². The Kier molecular flexibility index (Phi) is 4.79. The topological polar surface area (TPSA) is 113 Å². The number of nitrogens with two attached hydrogens (primary N) is 1. The Morgan fingerprint density at radius 1 is 1.32 bits per heavy atom. The summed E-state index contributed by atoms with van der Waals surface area (Å²) in [5.74, 6) is 0.517. The summed E-state index contributed by atoms with van der Waals surface area (Å²) >= 11 is 3.38. The first-order chi connectivity index (χ1) is 11.8. The first kappa shape index (κ1) is 17.8. The number of nitrogens with one attached hydrogen (secondary N) is 1. The second kappa shape index (κ2) is 6.72. The number of fused-ring (bicyclic) bond motifs is 1. The second-order valence-corrected chi connectivity index (χ2v) is 8.90. The third-order valence-corrected chi connectivity index (χ3v) is 6.21. The molecule has 2 heterocycles. The maximum absolute atomic E-state index is 12.5. The lowest BCUT2D eigenvalue weighted by Crippen LogP contribution is -2.27. The molecule has 1 aliphatic heterocycles. The van der Waals surface area contributed by atoms with Crippen LogP contribution in [-0.4, -0.2) is 25.8 Å². The van der Waals surface area contributed by atoms with E-state index in [0.717, 1.165) is 10.0 Å². The van der Waals surface area contributed by atoms with Crippen LogP contribution in [0.3, 0.4) is 0 Å². The molecule has 1 amide bonds.